The van der Waals surface area contributed by atoms with Crippen LogP contribution in [0.4, 0.5) is 5.69 Å². The minimum Gasteiger partial charge on any atom is -0.411 e. The number of carbonyl (C=O) groups is 1. The van der Waals surface area contributed by atoms with E-state index in [-0.39, 0.29) is 5.91 Å². The highest BCUT2D eigenvalue weighted by molar-refractivity contribution is 8.00. The number of benzene rings is 1. The van der Waals surface area contributed by atoms with E-state index < -0.39 is 5.25 Å². The molecule has 0 saturated heterocycles. The third-order valence-corrected chi connectivity index (χ3v) is 4.28. The summed E-state index contributed by atoms with van der Waals surface area (Å²) in [4.78, 5) is 16.2. The molecule has 24 heavy (non-hydrogen) atoms. The first-order valence-electron chi connectivity index (χ1n) is 7.09. The Balaban J connectivity index is 1.62. The number of hydrogen-bond acceptors (Lipinski definition) is 6. The monoisotopic (exact) mass is 360 g/mol. The Kier molecular flexibility index (Phi) is 5.12. The minimum atomic E-state index is -0.397. The standard InChI is InChI=1S/C16H13ClN4O2S/c1-10(14(22)19-13-4-2-12(17)3-5-13)24-16-21-20-15(23-16)11-6-8-18-9-7-11/h2-10H,1H3,(H,19,22)/t10-/m1/s1. The number of amides is 1. The zero-order valence-electron chi connectivity index (χ0n) is 12.6. The molecule has 0 aliphatic rings. The summed E-state index contributed by atoms with van der Waals surface area (Å²) >= 11 is 7.02. The smallest absolute Gasteiger partial charge is 0.277 e. The molecule has 0 aliphatic carbocycles. The molecule has 0 aliphatic heterocycles. The van der Waals surface area contributed by atoms with Gasteiger partial charge < -0.3 is 9.73 Å². The average molecular weight is 361 g/mol. The fourth-order valence-electron chi connectivity index (χ4n) is 1.85. The molecule has 8 heteroatoms. The highest BCUT2D eigenvalue weighted by Crippen LogP contribution is 2.26. The molecule has 0 spiro atoms. The van der Waals surface area contributed by atoms with Crippen LogP contribution in [0.1, 0.15) is 6.92 Å². The quantitative estimate of drug-likeness (QED) is 0.695. The molecule has 0 saturated carbocycles. The largest absolute Gasteiger partial charge is 0.411 e. The molecular weight excluding hydrogens is 348 g/mol. The van der Waals surface area contributed by atoms with Gasteiger partial charge in [-0.05, 0) is 43.3 Å². The minimum absolute atomic E-state index is 0.161. The molecule has 0 fully saturated rings. The van der Waals surface area contributed by atoms with Crippen molar-refractivity contribution in [3.63, 3.8) is 0 Å². The van der Waals surface area contributed by atoms with Crippen molar-refractivity contribution in [1.82, 2.24) is 15.2 Å². The van der Waals surface area contributed by atoms with E-state index in [1.54, 1.807) is 55.7 Å². The fraction of sp³-hybridized carbons (Fsp3) is 0.125. The Bertz CT molecular complexity index is 824. The van der Waals surface area contributed by atoms with E-state index in [9.17, 15) is 4.79 Å². The zero-order chi connectivity index (χ0) is 16.9. The van der Waals surface area contributed by atoms with Crippen LogP contribution in [0.25, 0.3) is 11.5 Å². The third kappa shape index (κ3) is 4.12. The van der Waals surface area contributed by atoms with Gasteiger partial charge in [-0.1, -0.05) is 23.4 Å². The lowest BCUT2D eigenvalue weighted by Gasteiger charge is -2.09. The number of anilines is 1. The summed E-state index contributed by atoms with van der Waals surface area (Å²) in [5.41, 5.74) is 1.46. The Labute approximate surface area is 147 Å². The molecule has 3 rings (SSSR count). The lowest BCUT2D eigenvalue weighted by Crippen LogP contribution is -2.22. The third-order valence-electron chi connectivity index (χ3n) is 3.09. The molecule has 6 nitrogen and oxygen atoms in total. The van der Waals surface area contributed by atoms with Gasteiger partial charge in [-0.25, -0.2) is 0 Å². The zero-order valence-corrected chi connectivity index (χ0v) is 14.2. The molecule has 1 atom stereocenters. The Morgan fingerprint density at radius 2 is 1.88 bits per heavy atom. The predicted molar refractivity (Wildman–Crippen MR) is 92.9 cm³/mol. The number of aromatic nitrogens is 3. The maximum absolute atomic E-state index is 12.2. The maximum Gasteiger partial charge on any atom is 0.277 e. The first-order chi connectivity index (χ1) is 11.6. The normalized spacial score (nSPS) is 11.9. The van der Waals surface area contributed by atoms with Crippen LogP contribution >= 0.6 is 23.4 Å². The van der Waals surface area contributed by atoms with Crippen LogP contribution in [0.5, 0.6) is 0 Å². The van der Waals surface area contributed by atoms with Crippen molar-refractivity contribution in [3.8, 4) is 11.5 Å². The van der Waals surface area contributed by atoms with Crippen molar-refractivity contribution in [1.29, 1.82) is 0 Å². The van der Waals surface area contributed by atoms with Crippen molar-refractivity contribution in [3.05, 3.63) is 53.8 Å². The topological polar surface area (TPSA) is 80.9 Å². The van der Waals surface area contributed by atoms with Crippen molar-refractivity contribution in [2.24, 2.45) is 0 Å². The molecule has 2 aromatic heterocycles. The number of halogens is 1. The van der Waals surface area contributed by atoms with Crippen LogP contribution in [-0.4, -0.2) is 26.3 Å². The van der Waals surface area contributed by atoms with Gasteiger partial charge in [0.15, 0.2) is 0 Å². The molecule has 1 N–H and O–H groups in total. The van der Waals surface area contributed by atoms with Crippen molar-refractivity contribution in [2.45, 2.75) is 17.4 Å². The molecule has 122 valence electrons. The summed E-state index contributed by atoms with van der Waals surface area (Å²) in [6, 6.07) is 10.5. The van der Waals surface area contributed by atoms with Gasteiger partial charge in [-0.15, -0.1) is 10.2 Å². The van der Waals surface area contributed by atoms with E-state index in [2.05, 4.69) is 20.5 Å². The van der Waals surface area contributed by atoms with E-state index in [1.807, 2.05) is 0 Å². The van der Waals surface area contributed by atoms with E-state index in [0.717, 1.165) is 5.56 Å². The Hall–Kier alpha value is -2.38. The van der Waals surface area contributed by atoms with Crippen LogP contribution in [0.2, 0.25) is 5.02 Å². The van der Waals surface area contributed by atoms with E-state index >= 15 is 0 Å². The van der Waals surface area contributed by atoms with Gasteiger partial charge in [0.1, 0.15) is 0 Å². The van der Waals surface area contributed by atoms with Gasteiger partial charge in [0, 0.05) is 28.7 Å². The summed E-state index contributed by atoms with van der Waals surface area (Å²) in [6.45, 7) is 1.77. The highest BCUT2D eigenvalue weighted by Gasteiger charge is 2.19. The van der Waals surface area contributed by atoms with Crippen molar-refractivity contribution >= 4 is 35.0 Å². The second-order valence-electron chi connectivity index (χ2n) is 4.87. The van der Waals surface area contributed by atoms with Gasteiger partial charge in [-0.2, -0.15) is 0 Å². The van der Waals surface area contributed by atoms with Crippen molar-refractivity contribution in [2.75, 3.05) is 5.32 Å². The summed E-state index contributed by atoms with van der Waals surface area (Å²) in [6.07, 6.45) is 3.29. The van der Waals surface area contributed by atoms with E-state index in [4.69, 9.17) is 16.0 Å². The van der Waals surface area contributed by atoms with Gasteiger partial charge in [-0.3, -0.25) is 9.78 Å². The van der Waals surface area contributed by atoms with Crippen LogP contribution in [0, 0.1) is 0 Å². The number of nitrogens with zero attached hydrogens (tertiary/aromatic N) is 3. The van der Waals surface area contributed by atoms with E-state index in [1.165, 1.54) is 11.8 Å². The summed E-state index contributed by atoms with van der Waals surface area (Å²) in [5.74, 6) is 0.233. The van der Waals surface area contributed by atoms with Crippen LogP contribution in [0.15, 0.2) is 58.4 Å². The summed E-state index contributed by atoms with van der Waals surface area (Å²) in [7, 11) is 0. The second-order valence-corrected chi connectivity index (χ2v) is 6.59. The second kappa shape index (κ2) is 7.46. The fourth-order valence-corrected chi connectivity index (χ4v) is 2.66. The van der Waals surface area contributed by atoms with Gasteiger partial charge in [0.2, 0.25) is 11.8 Å². The number of carbonyl (C=O) groups excluding carboxylic acids is 1. The Morgan fingerprint density at radius 1 is 1.17 bits per heavy atom. The van der Waals surface area contributed by atoms with Crippen molar-refractivity contribution < 1.29 is 9.21 Å². The maximum atomic E-state index is 12.2. The lowest BCUT2D eigenvalue weighted by atomic mass is 10.3. The number of pyridine rings is 1. The number of thioether (sulfide) groups is 1. The SMILES string of the molecule is C[C@@H](Sc1nnc(-c2ccncc2)o1)C(=O)Nc1ccc(Cl)cc1. The summed E-state index contributed by atoms with van der Waals surface area (Å²) < 4.78 is 5.57. The van der Waals surface area contributed by atoms with Crippen LogP contribution < -0.4 is 5.32 Å². The molecule has 1 amide bonds. The molecule has 0 bridgehead atoms. The average Bonchev–Trinajstić information content (AvgIpc) is 3.06. The molecule has 0 unspecified atom stereocenters. The number of hydrogen-bond donors (Lipinski definition) is 1. The number of rotatable bonds is 5. The molecule has 3 aromatic rings. The lowest BCUT2D eigenvalue weighted by molar-refractivity contribution is -0.115. The molecule has 1 aromatic carbocycles. The van der Waals surface area contributed by atoms with E-state index in [0.29, 0.717) is 21.8 Å². The van der Waals surface area contributed by atoms with Crippen LogP contribution in [0.3, 0.4) is 0 Å². The van der Waals surface area contributed by atoms with Gasteiger partial charge in [0.25, 0.3) is 5.22 Å². The predicted octanol–water partition coefficient (Wildman–Crippen LogP) is 3.90. The molecule has 2 heterocycles. The molecule has 0 radical (unpaired) electrons. The Morgan fingerprint density at radius 3 is 2.58 bits per heavy atom. The van der Waals surface area contributed by atoms with Crippen LogP contribution in [-0.2, 0) is 4.79 Å². The summed E-state index contributed by atoms with van der Waals surface area (Å²) in [5, 5.41) is 11.3. The molecular formula is C16H13ClN4O2S. The first-order valence-corrected chi connectivity index (χ1v) is 8.34. The first kappa shape index (κ1) is 16.5. The number of nitrogens with one attached hydrogen (secondary N) is 1. The van der Waals surface area contributed by atoms with Gasteiger partial charge >= 0.3 is 0 Å². The highest BCUT2D eigenvalue weighted by atomic mass is 35.5. The van der Waals surface area contributed by atoms with Gasteiger partial charge in [0.05, 0.1) is 5.25 Å².